The number of amides is 2. The maximum absolute atomic E-state index is 13.6. The van der Waals surface area contributed by atoms with Crippen LogP contribution in [-0.2, 0) is 16.1 Å². The molecule has 0 saturated carbocycles. The van der Waals surface area contributed by atoms with Gasteiger partial charge in [-0.3, -0.25) is 9.69 Å². The molecule has 33 heavy (non-hydrogen) atoms. The summed E-state index contributed by atoms with van der Waals surface area (Å²) in [6.45, 7) is 3.11. The third kappa shape index (κ3) is 8.22. The molecule has 2 amide bonds. The monoisotopic (exact) mass is 477 g/mol. The first-order chi connectivity index (χ1) is 15.9. The van der Waals surface area contributed by atoms with Crippen molar-refractivity contribution in [1.82, 2.24) is 15.5 Å². The summed E-state index contributed by atoms with van der Waals surface area (Å²) in [5.74, 6) is 0.750. The Kier molecular flexibility index (Phi) is 9.33. The van der Waals surface area contributed by atoms with Gasteiger partial charge in [-0.2, -0.15) is 0 Å². The first-order valence-corrected chi connectivity index (χ1v) is 11.4. The molecule has 0 radical (unpaired) electrons. The highest BCUT2D eigenvalue weighted by Gasteiger charge is 2.19. The Morgan fingerprint density at radius 2 is 1.82 bits per heavy atom. The molecule has 178 valence electrons. The Morgan fingerprint density at radius 3 is 2.48 bits per heavy atom. The number of alkyl carbamates (subject to hydrolysis) is 1. The summed E-state index contributed by atoms with van der Waals surface area (Å²) in [7, 11) is 1.49. The van der Waals surface area contributed by atoms with E-state index < -0.39 is 11.9 Å². The van der Waals surface area contributed by atoms with E-state index >= 15 is 0 Å². The number of carbonyl (C=O) groups is 2. The number of piperidine rings is 1. The number of halogens is 2. The van der Waals surface area contributed by atoms with Crippen LogP contribution in [0.3, 0.4) is 0 Å². The molecule has 0 aliphatic carbocycles. The van der Waals surface area contributed by atoms with Crippen LogP contribution in [0.1, 0.15) is 24.8 Å². The molecule has 1 saturated heterocycles. The molecule has 2 aromatic carbocycles. The first kappa shape index (κ1) is 24.8. The highest BCUT2D eigenvalue weighted by atomic mass is 35.5. The van der Waals surface area contributed by atoms with E-state index in [4.69, 9.17) is 21.1 Å². The molecule has 1 aliphatic rings. The largest absolute Gasteiger partial charge is 0.457 e. The number of likely N-dealkylation sites (N-methyl/N-ethyl adjacent to an activating group) is 1. The minimum atomic E-state index is -0.565. The van der Waals surface area contributed by atoms with Gasteiger partial charge in [-0.15, -0.1) is 0 Å². The van der Waals surface area contributed by atoms with Gasteiger partial charge in [0.1, 0.15) is 17.3 Å². The summed E-state index contributed by atoms with van der Waals surface area (Å²) in [6, 6.07) is 12.2. The van der Waals surface area contributed by atoms with Crippen LogP contribution in [0.5, 0.6) is 11.5 Å². The molecule has 7 nitrogen and oxygen atoms in total. The molecule has 3 rings (SSSR count). The van der Waals surface area contributed by atoms with Gasteiger partial charge < -0.3 is 20.1 Å². The lowest BCUT2D eigenvalue weighted by molar-refractivity contribution is -0.123. The van der Waals surface area contributed by atoms with Crippen molar-refractivity contribution in [2.45, 2.75) is 25.8 Å². The maximum Gasteiger partial charge on any atom is 0.407 e. The Bertz CT molecular complexity index is 934. The second-order valence-electron chi connectivity index (χ2n) is 8.01. The van der Waals surface area contributed by atoms with Crippen LogP contribution in [0.25, 0.3) is 0 Å². The highest BCUT2D eigenvalue weighted by Crippen LogP contribution is 2.26. The number of hydrogen-bond acceptors (Lipinski definition) is 5. The fourth-order valence-corrected chi connectivity index (χ4v) is 3.78. The smallest absolute Gasteiger partial charge is 0.407 e. The number of nitrogens with zero attached hydrogens (tertiary/aromatic N) is 1. The van der Waals surface area contributed by atoms with Crippen LogP contribution < -0.4 is 15.4 Å². The number of ether oxygens (including phenoxy) is 2. The Morgan fingerprint density at radius 1 is 1.12 bits per heavy atom. The Labute approximate surface area is 198 Å². The predicted molar refractivity (Wildman–Crippen MR) is 124 cm³/mol. The molecule has 2 aromatic rings. The van der Waals surface area contributed by atoms with E-state index in [0.717, 1.165) is 38.9 Å². The lowest BCUT2D eigenvalue weighted by atomic mass is 9.93. The van der Waals surface area contributed by atoms with Crippen LogP contribution in [-0.4, -0.2) is 50.2 Å². The van der Waals surface area contributed by atoms with Crippen LogP contribution >= 0.6 is 11.6 Å². The molecule has 2 N–H and O–H groups in total. The topological polar surface area (TPSA) is 79.9 Å². The molecular weight excluding hydrogens is 449 g/mol. The van der Waals surface area contributed by atoms with E-state index in [1.165, 1.54) is 24.7 Å². The van der Waals surface area contributed by atoms with E-state index in [9.17, 15) is 14.0 Å². The molecule has 1 aliphatic heterocycles. The van der Waals surface area contributed by atoms with Crippen molar-refractivity contribution in [2.75, 3.05) is 33.3 Å². The van der Waals surface area contributed by atoms with Crippen LogP contribution in [0.2, 0.25) is 5.02 Å². The molecule has 0 bridgehead atoms. The van der Waals surface area contributed by atoms with E-state index in [1.807, 2.05) is 24.3 Å². The minimum absolute atomic E-state index is 0.0677. The maximum atomic E-state index is 13.6. The zero-order valence-electron chi connectivity index (χ0n) is 18.6. The van der Waals surface area contributed by atoms with Gasteiger partial charge in [0.2, 0.25) is 0 Å². The standard InChI is InChI=1S/C24H29ClFN3O4/c1-27-23(30)16-32-24(31)28-11-8-17-9-12-29(13-10-17)15-18-2-4-19(5-3-18)33-20-6-7-21(25)22(26)14-20/h2-7,14,17H,8-13,15-16H2,1H3,(H,27,30)(H,28,31). The average molecular weight is 478 g/mol. The molecule has 0 unspecified atom stereocenters. The number of nitrogens with one attached hydrogen (secondary N) is 2. The molecule has 0 atom stereocenters. The van der Waals surface area contributed by atoms with Crippen molar-refractivity contribution in [3.05, 3.63) is 58.9 Å². The van der Waals surface area contributed by atoms with Gasteiger partial charge in [0.15, 0.2) is 6.61 Å². The van der Waals surface area contributed by atoms with Gasteiger partial charge in [-0.05, 0) is 68.1 Å². The SMILES string of the molecule is CNC(=O)COC(=O)NCCC1CCN(Cc2ccc(Oc3ccc(Cl)c(F)c3)cc2)CC1. The number of carbonyl (C=O) groups excluding carboxylic acids is 2. The molecule has 9 heteroatoms. The third-order valence-electron chi connectivity index (χ3n) is 5.60. The molecule has 1 heterocycles. The van der Waals surface area contributed by atoms with Gasteiger partial charge in [0.25, 0.3) is 5.91 Å². The van der Waals surface area contributed by atoms with E-state index in [-0.39, 0.29) is 17.5 Å². The van der Waals surface area contributed by atoms with Crippen molar-refractivity contribution in [1.29, 1.82) is 0 Å². The number of benzene rings is 2. The third-order valence-corrected chi connectivity index (χ3v) is 5.91. The van der Waals surface area contributed by atoms with Crippen molar-refractivity contribution in [2.24, 2.45) is 5.92 Å². The second kappa shape index (κ2) is 12.4. The quantitative estimate of drug-likeness (QED) is 0.561. The molecular formula is C24H29ClFN3O4. The summed E-state index contributed by atoms with van der Waals surface area (Å²) in [5.41, 5.74) is 1.18. The summed E-state index contributed by atoms with van der Waals surface area (Å²) in [6.07, 6.45) is 2.46. The predicted octanol–water partition coefficient (Wildman–Crippen LogP) is 4.35. The fourth-order valence-electron chi connectivity index (χ4n) is 3.66. The molecule has 0 spiro atoms. The molecule has 1 fully saturated rings. The fraction of sp³-hybridized carbons (Fsp3) is 0.417. The van der Waals surface area contributed by atoms with E-state index in [1.54, 1.807) is 6.07 Å². The van der Waals surface area contributed by atoms with Crippen molar-refractivity contribution < 1.29 is 23.5 Å². The van der Waals surface area contributed by atoms with Crippen LogP contribution in [0, 0.1) is 11.7 Å². The van der Waals surface area contributed by atoms with Gasteiger partial charge >= 0.3 is 6.09 Å². The first-order valence-electron chi connectivity index (χ1n) is 11.0. The number of rotatable bonds is 9. The van der Waals surface area contributed by atoms with Gasteiger partial charge in [-0.1, -0.05) is 23.7 Å². The normalized spacial score (nSPS) is 14.5. The zero-order valence-corrected chi connectivity index (χ0v) is 19.4. The van der Waals surface area contributed by atoms with Gasteiger partial charge in [0.05, 0.1) is 5.02 Å². The van der Waals surface area contributed by atoms with Crippen molar-refractivity contribution in [3.8, 4) is 11.5 Å². The highest BCUT2D eigenvalue weighted by molar-refractivity contribution is 6.30. The second-order valence-corrected chi connectivity index (χ2v) is 8.41. The Hall–Kier alpha value is -2.84. The van der Waals surface area contributed by atoms with E-state index in [0.29, 0.717) is 24.0 Å². The lowest BCUT2D eigenvalue weighted by Gasteiger charge is -2.32. The summed E-state index contributed by atoms with van der Waals surface area (Å²) >= 11 is 5.70. The van der Waals surface area contributed by atoms with Crippen molar-refractivity contribution >= 4 is 23.6 Å². The number of likely N-dealkylation sites (tertiary alicyclic amines) is 1. The van der Waals surface area contributed by atoms with Gasteiger partial charge in [-0.25, -0.2) is 9.18 Å². The zero-order chi connectivity index (χ0) is 23.6. The average Bonchev–Trinajstić information content (AvgIpc) is 2.82. The minimum Gasteiger partial charge on any atom is -0.457 e. The van der Waals surface area contributed by atoms with Gasteiger partial charge in [0, 0.05) is 26.2 Å². The summed E-state index contributed by atoms with van der Waals surface area (Å²) in [5, 5.41) is 5.16. The van der Waals surface area contributed by atoms with Crippen LogP contribution in [0.4, 0.5) is 9.18 Å². The van der Waals surface area contributed by atoms with E-state index in [2.05, 4.69) is 15.5 Å². The summed E-state index contributed by atoms with van der Waals surface area (Å²) in [4.78, 5) is 25.0. The molecule has 0 aromatic heterocycles. The Balaban J connectivity index is 1.34. The lowest BCUT2D eigenvalue weighted by Crippen LogP contribution is -2.35. The summed E-state index contributed by atoms with van der Waals surface area (Å²) < 4.78 is 24.1. The van der Waals surface area contributed by atoms with Crippen molar-refractivity contribution in [3.63, 3.8) is 0 Å². The number of hydrogen-bond donors (Lipinski definition) is 2. The van der Waals surface area contributed by atoms with Crippen LogP contribution in [0.15, 0.2) is 42.5 Å².